The Balaban J connectivity index is 1.81. The fourth-order valence-electron chi connectivity index (χ4n) is 2.17. The molecule has 0 bridgehead atoms. The molecule has 0 spiro atoms. The van der Waals surface area contributed by atoms with Crippen molar-refractivity contribution in [1.82, 2.24) is 0 Å². The van der Waals surface area contributed by atoms with Gasteiger partial charge in [0.25, 0.3) is 0 Å². The van der Waals surface area contributed by atoms with Crippen LogP contribution in [0, 0.1) is 5.92 Å². The molecule has 0 aromatic rings. The van der Waals surface area contributed by atoms with E-state index in [9.17, 15) is 4.79 Å². The first-order chi connectivity index (χ1) is 7.22. The van der Waals surface area contributed by atoms with Gasteiger partial charge in [-0.1, -0.05) is 13.5 Å². The van der Waals surface area contributed by atoms with Gasteiger partial charge >= 0.3 is 5.97 Å². The minimum Gasteiger partial charge on any atom is -0.462 e. The van der Waals surface area contributed by atoms with Crippen LogP contribution in [-0.4, -0.2) is 24.8 Å². The summed E-state index contributed by atoms with van der Waals surface area (Å²) in [6.07, 6.45) is 4.75. The fourth-order valence-corrected chi connectivity index (χ4v) is 2.17. The van der Waals surface area contributed by atoms with E-state index < -0.39 is 0 Å². The van der Waals surface area contributed by atoms with E-state index in [0.29, 0.717) is 24.4 Å². The van der Waals surface area contributed by atoms with Gasteiger partial charge in [0, 0.05) is 5.57 Å². The number of esters is 1. The highest BCUT2D eigenvalue weighted by Gasteiger charge is 2.45. The van der Waals surface area contributed by atoms with Gasteiger partial charge in [0.05, 0.1) is 18.8 Å². The minimum atomic E-state index is -0.221. The van der Waals surface area contributed by atoms with E-state index in [0.717, 1.165) is 25.7 Å². The number of ether oxygens (including phenoxy) is 2. The highest BCUT2D eigenvalue weighted by atomic mass is 16.6. The first kappa shape index (κ1) is 10.7. The number of hydrogen-bond acceptors (Lipinski definition) is 3. The van der Waals surface area contributed by atoms with Crippen LogP contribution < -0.4 is 0 Å². The third-order valence-corrected chi connectivity index (χ3v) is 3.20. The fraction of sp³-hybridized carbons (Fsp3) is 0.750. The molecule has 1 heterocycles. The quantitative estimate of drug-likeness (QED) is 0.405. The molecule has 3 unspecified atom stereocenters. The summed E-state index contributed by atoms with van der Waals surface area (Å²) in [6, 6.07) is 0. The Labute approximate surface area is 90.4 Å². The Morgan fingerprint density at radius 3 is 2.93 bits per heavy atom. The molecule has 84 valence electrons. The second-order valence-electron chi connectivity index (χ2n) is 4.38. The number of epoxide rings is 1. The molecule has 15 heavy (non-hydrogen) atoms. The summed E-state index contributed by atoms with van der Waals surface area (Å²) in [6.45, 7) is 6.33. The zero-order valence-electron chi connectivity index (χ0n) is 9.20. The zero-order valence-corrected chi connectivity index (χ0v) is 9.20. The Kier molecular flexibility index (Phi) is 3.10. The van der Waals surface area contributed by atoms with Crippen molar-refractivity contribution < 1.29 is 14.3 Å². The molecule has 3 atom stereocenters. The van der Waals surface area contributed by atoms with Gasteiger partial charge in [-0.25, -0.2) is 4.79 Å². The number of hydrogen-bond donors (Lipinski definition) is 0. The summed E-state index contributed by atoms with van der Waals surface area (Å²) >= 11 is 0. The Bertz CT molecular complexity index is 272. The SMILES string of the molecule is C=C(C(=O)OCCC)C1CCC2OC2C1. The molecule has 0 N–H and O–H groups in total. The molecule has 3 nitrogen and oxygen atoms in total. The molecule has 1 saturated carbocycles. The molecule has 2 aliphatic rings. The van der Waals surface area contributed by atoms with E-state index in [1.54, 1.807) is 0 Å². The van der Waals surface area contributed by atoms with Gasteiger partial charge in [0.15, 0.2) is 0 Å². The summed E-state index contributed by atoms with van der Waals surface area (Å²) < 4.78 is 10.5. The van der Waals surface area contributed by atoms with E-state index in [1.165, 1.54) is 0 Å². The average molecular weight is 210 g/mol. The van der Waals surface area contributed by atoms with Gasteiger partial charge in [-0.15, -0.1) is 0 Å². The molecule has 0 radical (unpaired) electrons. The molecular formula is C12H18O3. The number of carbonyl (C=O) groups excluding carboxylic acids is 1. The Morgan fingerprint density at radius 1 is 1.47 bits per heavy atom. The third-order valence-electron chi connectivity index (χ3n) is 3.20. The number of carbonyl (C=O) groups is 1. The predicted molar refractivity (Wildman–Crippen MR) is 56.4 cm³/mol. The van der Waals surface area contributed by atoms with Crippen LogP contribution in [0.25, 0.3) is 0 Å². The largest absolute Gasteiger partial charge is 0.462 e. The van der Waals surface area contributed by atoms with Gasteiger partial charge in [0.2, 0.25) is 0 Å². The van der Waals surface area contributed by atoms with Crippen molar-refractivity contribution in [2.75, 3.05) is 6.61 Å². The summed E-state index contributed by atoms with van der Waals surface area (Å²) in [5, 5.41) is 0. The van der Waals surface area contributed by atoms with Crippen LogP contribution in [0.4, 0.5) is 0 Å². The lowest BCUT2D eigenvalue weighted by atomic mass is 9.84. The number of fused-ring (bicyclic) bond motifs is 1. The van der Waals surface area contributed by atoms with Gasteiger partial charge in [-0.2, -0.15) is 0 Å². The normalized spacial score (nSPS) is 33.0. The monoisotopic (exact) mass is 210 g/mol. The lowest BCUT2D eigenvalue weighted by Crippen LogP contribution is -2.21. The summed E-state index contributed by atoms with van der Waals surface area (Å²) in [4.78, 5) is 11.6. The maximum absolute atomic E-state index is 11.6. The first-order valence-corrected chi connectivity index (χ1v) is 5.73. The standard InChI is InChI=1S/C12H18O3/c1-3-6-14-12(13)8(2)9-4-5-10-11(7-9)15-10/h9-11H,2-7H2,1H3. The van der Waals surface area contributed by atoms with E-state index in [1.807, 2.05) is 6.92 Å². The van der Waals surface area contributed by atoms with Gasteiger partial charge in [-0.05, 0) is 31.6 Å². The van der Waals surface area contributed by atoms with Crippen LogP contribution >= 0.6 is 0 Å². The Hall–Kier alpha value is -0.830. The highest BCUT2D eigenvalue weighted by molar-refractivity contribution is 5.88. The second kappa shape index (κ2) is 4.35. The minimum absolute atomic E-state index is 0.221. The van der Waals surface area contributed by atoms with Crippen LogP contribution in [0.2, 0.25) is 0 Å². The molecule has 0 aromatic heterocycles. The lowest BCUT2D eigenvalue weighted by Gasteiger charge is -2.19. The average Bonchev–Trinajstić information content (AvgIpc) is 3.02. The van der Waals surface area contributed by atoms with Gasteiger partial charge in [-0.3, -0.25) is 0 Å². The van der Waals surface area contributed by atoms with E-state index in [-0.39, 0.29) is 11.9 Å². The topological polar surface area (TPSA) is 38.8 Å². The predicted octanol–water partition coefficient (Wildman–Crippen LogP) is 2.06. The van der Waals surface area contributed by atoms with E-state index in [2.05, 4.69) is 6.58 Å². The maximum atomic E-state index is 11.6. The lowest BCUT2D eigenvalue weighted by molar-refractivity contribution is -0.139. The van der Waals surface area contributed by atoms with Gasteiger partial charge < -0.3 is 9.47 Å². The second-order valence-corrected chi connectivity index (χ2v) is 4.38. The molecule has 1 aliphatic heterocycles. The van der Waals surface area contributed by atoms with Crippen molar-refractivity contribution in [2.45, 2.75) is 44.8 Å². The van der Waals surface area contributed by atoms with Crippen LogP contribution in [0.3, 0.4) is 0 Å². The highest BCUT2D eigenvalue weighted by Crippen LogP contribution is 2.41. The molecular weight excluding hydrogens is 192 g/mol. The van der Waals surface area contributed by atoms with Crippen molar-refractivity contribution in [2.24, 2.45) is 5.92 Å². The number of rotatable bonds is 4. The van der Waals surface area contributed by atoms with Crippen molar-refractivity contribution in [3.63, 3.8) is 0 Å². The maximum Gasteiger partial charge on any atom is 0.333 e. The molecule has 3 heteroatoms. The molecule has 1 saturated heterocycles. The van der Waals surface area contributed by atoms with Crippen LogP contribution in [0.5, 0.6) is 0 Å². The smallest absolute Gasteiger partial charge is 0.333 e. The first-order valence-electron chi connectivity index (χ1n) is 5.73. The van der Waals surface area contributed by atoms with Crippen LogP contribution in [0.15, 0.2) is 12.2 Å². The third kappa shape index (κ3) is 2.40. The van der Waals surface area contributed by atoms with Crippen LogP contribution in [-0.2, 0) is 14.3 Å². The van der Waals surface area contributed by atoms with Crippen molar-refractivity contribution in [3.05, 3.63) is 12.2 Å². The summed E-state index contributed by atoms with van der Waals surface area (Å²) in [5.74, 6) is 0.0547. The summed E-state index contributed by atoms with van der Waals surface area (Å²) in [5.41, 5.74) is 0.636. The molecule has 1 aliphatic carbocycles. The van der Waals surface area contributed by atoms with E-state index in [4.69, 9.17) is 9.47 Å². The summed E-state index contributed by atoms with van der Waals surface area (Å²) in [7, 11) is 0. The Morgan fingerprint density at radius 2 is 2.27 bits per heavy atom. The van der Waals surface area contributed by atoms with Crippen molar-refractivity contribution in [3.8, 4) is 0 Å². The molecule has 2 rings (SSSR count). The van der Waals surface area contributed by atoms with E-state index >= 15 is 0 Å². The van der Waals surface area contributed by atoms with Crippen molar-refractivity contribution >= 4 is 5.97 Å². The molecule has 0 amide bonds. The molecule has 0 aromatic carbocycles. The van der Waals surface area contributed by atoms with Crippen LogP contribution in [0.1, 0.15) is 32.6 Å². The van der Waals surface area contributed by atoms with Gasteiger partial charge in [0.1, 0.15) is 0 Å². The zero-order chi connectivity index (χ0) is 10.8. The van der Waals surface area contributed by atoms with Crippen molar-refractivity contribution in [1.29, 1.82) is 0 Å². The molecule has 2 fully saturated rings.